The number of anilines is 2. The number of aryl methyl sites for hydroxylation is 2. The third-order valence-corrected chi connectivity index (χ3v) is 7.73. The maximum atomic E-state index is 12.9. The molecule has 0 radical (unpaired) electrons. The maximum absolute atomic E-state index is 12.9. The molecule has 2 aromatic heterocycles. The van der Waals surface area contributed by atoms with Crippen molar-refractivity contribution in [1.29, 1.82) is 0 Å². The molecule has 4 N–H and O–H groups in total. The summed E-state index contributed by atoms with van der Waals surface area (Å²) in [6.45, 7) is 7.23. The van der Waals surface area contributed by atoms with E-state index in [1.54, 1.807) is 38.1 Å². The monoisotopic (exact) mass is 493 g/mol. The van der Waals surface area contributed by atoms with Gasteiger partial charge in [-0.05, 0) is 37.5 Å². The van der Waals surface area contributed by atoms with Gasteiger partial charge in [0, 0.05) is 11.8 Å². The van der Waals surface area contributed by atoms with Crippen molar-refractivity contribution in [3.63, 3.8) is 0 Å². The van der Waals surface area contributed by atoms with E-state index in [1.165, 1.54) is 23.6 Å². The third-order valence-electron chi connectivity index (χ3n) is 4.78. The topological polar surface area (TPSA) is 127 Å². The van der Waals surface area contributed by atoms with Crippen LogP contribution in [0.15, 0.2) is 41.4 Å². The van der Waals surface area contributed by atoms with Crippen LogP contribution in [-0.4, -0.2) is 30.3 Å². The number of hydrogen-bond acceptors (Lipinski definition) is 7. The highest BCUT2D eigenvalue weighted by atomic mass is 35.5. The standard InChI is InChI=1S/C21H24ClN5O3S2/c1-11(2)17(23)20(28)26-21-25-13(4)18(31-21)14-9-15(19(22)24-10-14)27-32(29,30)16-8-6-5-7-12(16)3/h5-11,17,27H,23H2,1-4H3,(H,25,26,28)/t17-/m0/s1. The van der Waals surface area contributed by atoms with Crippen LogP contribution in [0.25, 0.3) is 10.4 Å². The van der Waals surface area contributed by atoms with Crippen LogP contribution >= 0.6 is 22.9 Å². The highest BCUT2D eigenvalue weighted by Crippen LogP contribution is 2.35. The Morgan fingerprint density at radius 1 is 1.22 bits per heavy atom. The molecule has 0 unspecified atom stereocenters. The number of aromatic nitrogens is 2. The summed E-state index contributed by atoms with van der Waals surface area (Å²) in [6, 6.07) is 7.60. The first-order valence-electron chi connectivity index (χ1n) is 9.78. The van der Waals surface area contributed by atoms with Crippen molar-refractivity contribution >= 4 is 49.7 Å². The van der Waals surface area contributed by atoms with Gasteiger partial charge in [-0.2, -0.15) is 0 Å². The van der Waals surface area contributed by atoms with E-state index in [1.807, 2.05) is 13.8 Å². The number of rotatable bonds is 7. The van der Waals surface area contributed by atoms with Crippen molar-refractivity contribution in [2.75, 3.05) is 10.0 Å². The van der Waals surface area contributed by atoms with E-state index in [0.717, 1.165) is 4.88 Å². The lowest BCUT2D eigenvalue weighted by atomic mass is 10.1. The van der Waals surface area contributed by atoms with Crippen LogP contribution in [0.5, 0.6) is 0 Å². The second-order valence-electron chi connectivity index (χ2n) is 7.63. The summed E-state index contributed by atoms with van der Waals surface area (Å²) < 4.78 is 28.2. The van der Waals surface area contributed by atoms with Crippen molar-refractivity contribution in [3.05, 3.63) is 52.9 Å². The zero-order valence-corrected chi connectivity index (χ0v) is 20.4. The van der Waals surface area contributed by atoms with Gasteiger partial charge in [0.1, 0.15) is 0 Å². The molecule has 0 saturated heterocycles. The highest BCUT2D eigenvalue weighted by Gasteiger charge is 2.21. The van der Waals surface area contributed by atoms with Crippen LogP contribution < -0.4 is 15.8 Å². The summed E-state index contributed by atoms with van der Waals surface area (Å²) in [4.78, 5) is 21.6. The van der Waals surface area contributed by atoms with E-state index in [2.05, 4.69) is 20.0 Å². The molecule has 3 aromatic rings. The summed E-state index contributed by atoms with van der Waals surface area (Å²) >= 11 is 7.42. The number of nitrogens with zero attached hydrogens (tertiary/aromatic N) is 2. The fourth-order valence-corrected chi connectivity index (χ4v) is 5.37. The minimum Gasteiger partial charge on any atom is -0.320 e. The summed E-state index contributed by atoms with van der Waals surface area (Å²) in [6.07, 6.45) is 1.53. The SMILES string of the molecule is Cc1ccccc1S(=O)(=O)Nc1cc(-c2sc(NC(=O)[C@@H](N)C(C)C)nc2C)cnc1Cl. The number of carbonyl (C=O) groups is 1. The number of halogens is 1. The van der Waals surface area contributed by atoms with Crippen LogP contribution in [0.2, 0.25) is 5.15 Å². The number of pyridine rings is 1. The number of sulfonamides is 1. The number of hydrogen-bond donors (Lipinski definition) is 3. The summed E-state index contributed by atoms with van der Waals surface area (Å²) in [7, 11) is -3.86. The molecule has 0 bridgehead atoms. The smallest absolute Gasteiger partial charge is 0.262 e. The van der Waals surface area contributed by atoms with E-state index in [4.69, 9.17) is 17.3 Å². The van der Waals surface area contributed by atoms with E-state index in [9.17, 15) is 13.2 Å². The predicted molar refractivity (Wildman–Crippen MR) is 129 cm³/mol. The number of carbonyl (C=O) groups excluding carboxylic acids is 1. The van der Waals surface area contributed by atoms with Crippen LogP contribution in [0.1, 0.15) is 25.1 Å². The van der Waals surface area contributed by atoms with Gasteiger partial charge in [-0.15, -0.1) is 0 Å². The molecule has 2 heterocycles. The molecule has 1 atom stereocenters. The lowest BCUT2D eigenvalue weighted by Crippen LogP contribution is -2.39. The maximum Gasteiger partial charge on any atom is 0.262 e. The van der Waals surface area contributed by atoms with Gasteiger partial charge in [-0.1, -0.05) is 55.0 Å². The number of nitrogens with two attached hydrogens (primary N) is 1. The van der Waals surface area contributed by atoms with E-state index in [-0.39, 0.29) is 27.6 Å². The Kier molecular flexibility index (Phi) is 7.19. The molecular formula is C21H24ClN5O3S2. The van der Waals surface area contributed by atoms with Crippen molar-refractivity contribution < 1.29 is 13.2 Å². The lowest BCUT2D eigenvalue weighted by Gasteiger charge is -2.13. The minimum atomic E-state index is -3.86. The van der Waals surface area contributed by atoms with Crippen LogP contribution in [0.3, 0.4) is 0 Å². The Morgan fingerprint density at radius 2 is 1.91 bits per heavy atom. The van der Waals surface area contributed by atoms with Crippen LogP contribution in [-0.2, 0) is 14.8 Å². The van der Waals surface area contributed by atoms with Crippen molar-refractivity contribution in [2.45, 2.75) is 38.6 Å². The summed E-state index contributed by atoms with van der Waals surface area (Å²) in [5, 5.41) is 3.15. The third kappa shape index (κ3) is 5.26. The molecule has 1 amide bonds. The highest BCUT2D eigenvalue weighted by molar-refractivity contribution is 7.92. The molecule has 32 heavy (non-hydrogen) atoms. The van der Waals surface area contributed by atoms with Gasteiger partial charge in [0.15, 0.2) is 10.3 Å². The van der Waals surface area contributed by atoms with Gasteiger partial charge < -0.3 is 11.1 Å². The molecule has 0 spiro atoms. The van der Waals surface area contributed by atoms with E-state index in [0.29, 0.717) is 22.0 Å². The summed E-state index contributed by atoms with van der Waals surface area (Å²) in [5.74, 6) is -0.332. The van der Waals surface area contributed by atoms with Gasteiger partial charge in [0.25, 0.3) is 10.0 Å². The molecule has 0 aliphatic heterocycles. The molecule has 1 aromatic carbocycles. The molecular weight excluding hydrogens is 470 g/mol. The molecule has 8 nitrogen and oxygen atoms in total. The fourth-order valence-electron chi connectivity index (χ4n) is 2.91. The first-order valence-corrected chi connectivity index (χ1v) is 12.5. The Morgan fingerprint density at radius 3 is 2.56 bits per heavy atom. The second-order valence-corrected chi connectivity index (χ2v) is 10.6. The number of benzene rings is 1. The average molecular weight is 494 g/mol. The summed E-state index contributed by atoms with van der Waals surface area (Å²) in [5.41, 5.74) is 7.91. The average Bonchev–Trinajstić information content (AvgIpc) is 3.08. The fraction of sp³-hybridized carbons (Fsp3) is 0.286. The first kappa shape index (κ1) is 24.1. The lowest BCUT2D eigenvalue weighted by molar-refractivity contribution is -0.118. The van der Waals surface area contributed by atoms with Crippen molar-refractivity contribution in [1.82, 2.24) is 9.97 Å². The van der Waals surface area contributed by atoms with Crippen molar-refractivity contribution in [3.8, 4) is 10.4 Å². The second kappa shape index (κ2) is 9.53. The van der Waals surface area contributed by atoms with Crippen LogP contribution in [0, 0.1) is 19.8 Å². The minimum absolute atomic E-state index is 0.0140. The number of thiazole rings is 1. The zero-order chi connectivity index (χ0) is 23.6. The largest absolute Gasteiger partial charge is 0.320 e. The van der Waals surface area contributed by atoms with Gasteiger partial charge in [-0.3, -0.25) is 9.52 Å². The zero-order valence-electron chi connectivity index (χ0n) is 18.0. The molecule has 0 aliphatic carbocycles. The molecule has 0 saturated carbocycles. The predicted octanol–water partition coefficient (Wildman–Crippen LogP) is 4.20. The Balaban J connectivity index is 1.90. The van der Waals surface area contributed by atoms with Gasteiger partial charge >= 0.3 is 0 Å². The molecule has 11 heteroatoms. The number of amides is 1. The van der Waals surface area contributed by atoms with Gasteiger partial charge in [-0.25, -0.2) is 18.4 Å². The Bertz CT molecular complexity index is 1260. The Labute approximate surface area is 196 Å². The molecule has 3 rings (SSSR count). The van der Waals surface area contributed by atoms with Crippen LogP contribution in [0.4, 0.5) is 10.8 Å². The van der Waals surface area contributed by atoms with Gasteiger partial charge in [0.2, 0.25) is 5.91 Å². The normalized spacial score (nSPS) is 12.6. The molecule has 0 fully saturated rings. The van der Waals surface area contributed by atoms with Crippen molar-refractivity contribution in [2.24, 2.45) is 11.7 Å². The van der Waals surface area contributed by atoms with E-state index < -0.39 is 16.1 Å². The molecule has 0 aliphatic rings. The first-order chi connectivity index (χ1) is 15.0. The number of nitrogens with one attached hydrogen (secondary N) is 2. The Hall–Kier alpha value is -2.53. The quantitative estimate of drug-likeness (QED) is 0.423. The van der Waals surface area contributed by atoms with Gasteiger partial charge in [0.05, 0.1) is 27.2 Å². The van der Waals surface area contributed by atoms with E-state index >= 15 is 0 Å². The molecule has 170 valence electrons.